The quantitative estimate of drug-likeness (QED) is 0.863. The van der Waals surface area contributed by atoms with Crippen molar-refractivity contribution in [2.24, 2.45) is 0 Å². The molecule has 3 heteroatoms. The molecule has 1 heterocycles. The molecule has 0 spiro atoms. The second-order valence-corrected chi connectivity index (χ2v) is 4.91. The Bertz CT molecular complexity index is 505. The fourth-order valence-electron chi connectivity index (χ4n) is 2.39. The van der Waals surface area contributed by atoms with E-state index < -0.39 is 0 Å². The minimum Gasteiger partial charge on any atom is -0.388 e. The van der Waals surface area contributed by atoms with Gasteiger partial charge >= 0.3 is 0 Å². The monoisotopic (exact) mass is 258 g/mol. The van der Waals surface area contributed by atoms with E-state index in [1.54, 1.807) is 0 Å². The van der Waals surface area contributed by atoms with E-state index in [2.05, 4.69) is 18.1 Å². The van der Waals surface area contributed by atoms with Crippen LogP contribution in [0.2, 0.25) is 0 Å². The lowest BCUT2D eigenvalue weighted by Crippen LogP contribution is -2.04. The molecule has 0 saturated heterocycles. The van der Waals surface area contributed by atoms with Crippen molar-refractivity contribution in [3.05, 3.63) is 53.3 Å². The molecule has 0 aliphatic heterocycles. The molecular formula is C16H22N2O. The number of aromatic nitrogens is 2. The topological polar surface area (TPSA) is 38.0 Å². The second-order valence-electron chi connectivity index (χ2n) is 4.91. The first kappa shape index (κ1) is 13.8. The fraction of sp³-hybridized carbons (Fsp3) is 0.438. The number of aliphatic hydroxyl groups is 1. The molecule has 1 unspecified atom stereocenters. The van der Waals surface area contributed by atoms with Crippen molar-refractivity contribution in [1.82, 2.24) is 9.78 Å². The summed E-state index contributed by atoms with van der Waals surface area (Å²) in [6.07, 6.45) is 2.37. The van der Waals surface area contributed by atoms with E-state index in [4.69, 9.17) is 0 Å². The Labute approximate surface area is 114 Å². The number of hydrogen-bond donors (Lipinski definition) is 1. The van der Waals surface area contributed by atoms with Crippen LogP contribution in [-0.2, 0) is 13.0 Å². The summed E-state index contributed by atoms with van der Waals surface area (Å²) < 4.78 is 2.05. The van der Waals surface area contributed by atoms with Crippen molar-refractivity contribution in [3.8, 4) is 0 Å². The van der Waals surface area contributed by atoms with E-state index in [9.17, 15) is 5.11 Å². The standard InChI is InChI=1S/C16H22N2O/c1-3-18-15(12-13(2)17-18)10-7-11-16(19)14-8-5-4-6-9-14/h4-6,8-9,12,16,19H,3,7,10-11H2,1-2H3. The van der Waals surface area contributed by atoms with Crippen molar-refractivity contribution in [2.75, 3.05) is 0 Å². The largest absolute Gasteiger partial charge is 0.388 e. The first-order valence-electron chi connectivity index (χ1n) is 6.97. The van der Waals surface area contributed by atoms with Crippen LogP contribution in [0.15, 0.2) is 36.4 Å². The van der Waals surface area contributed by atoms with Gasteiger partial charge in [0.15, 0.2) is 0 Å². The number of hydrogen-bond acceptors (Lipinski definition) is 2. The third-order valence-electron chi connectivity index (χ3n) is 3.38. The normalized spacial score (nSPS) is 12.6. The van der Waals surface area contributed by atoms with Crippen molar-refractivity contribution < 1.29 is 5.11 Å². The van der Waals surface area contributed by atoms with Gasteiger partial charge in [0, 0.05) is 12.2 Å². The van der Waals surface area contributed by atoms with Crippen molar-refractivity contribution in [2.45, 2.75) is 45.8 Å². The maximum Gasteiger partial charge on any atom is 0.0790 e. The van der Waals surface area contributed by atoms with Crippen molar-refractivity contribution in [3.63, 3.8) is 0 Å². The van der Waals surface area contributed by atoms with Crippen molar-refractivity contribution in [1.29, 1.82) is 0 Å². The zero-order valence-corrected chi connectivity index (χ0v) is 11.7. The molecule has 19 heavy (non-hydrogen) atoms. The van der Waals surface area contributed by atoms with Crippen LogP contribution < -0.4 is 0 Å². The van der Waals surface area contributed by atoms with E-state index >= 15 is 0 Å². The van der Waals surface area contributed by atoms with Gasteiger partial charge in [-0.2, -0.15) is 5.10 Å². The summed E-state index contributed by atoms with van der Waals surface area (Å²) >= 11 is 0. The van der Waals surface area contributed by atoms with Gasteiger partial charge in [-0.15, -0.1) is 0 Å². The number of nitrogens with zero attached hydrogens (tertiary/aromatic N) is 2. The molecule has 0 aliphatic rings. The SMILES string of the molecule is CCn1nc(C)cc1CCCC(O)c1ccccc1. The third kappa shape index (κ3) is 3.67. The van der Waals surface area contributed by atoms with Gasteiger partial charge in [-0.25, -0.2) is 0 Å². The molecule has 1 atom stereocenters. The molecule has 0 radical (unpaired) electrons. The molecule has 0 saturated carbocycles. The molecule has 0 bridgehead atoms. The van der Waals surface area contributed by atoms with Crippen LogP contribution in [0.1, 0.15) is 42.8 Å². The molecule has 2 rings (SSSR count). The highest BCUT2D eigenvalue weighted by molar-refractivity contribution is 5.17. The lowest BCUT2D eigenvalue weighted by molar-refractivity contribution is 0.164. The van der Waals surface area contributed by atoms with Gasteiger partial charge < -0.3 is 5.11 Å². The van der Waals surface area contributed by atoms with Gasteiger partial charge in [0.05, 0.1) is 11.8 Å². The van der Waals surface area contributed by atoms with Crippen LogP contribution in [0.3, 0.4) is 0 Å². The fourth-order valence-corrected chi connectivity index (χ4v) is 2.39. The van der Waals surface area contributed by atoms with Gasteiger partial charge in [-0.05, 0) is 44.7 Å². The summed E-state index contributed by atoms with van der Waals surface area (Å²) in [7, 11) is 0. The molecule has 102 valence electrons. The third-order valence-corrected chi connectivity index (χ3v) is 3.38. The first-order valence-corrected chi connectivity index (χ1v) is 6.97. The summed E-state index contributed by atoms with van der Waals surface area (Å²) in [5.74, 6) is 0. The average Bonchev–Trinajstić information content (AvgIpc) is 2.80. The van der Waals surface area contributed by atoms with E-state index in [0.717, 1.165) is 37.1 Å². The van der Waals surface area contributed by atoms with E-state index in [1.165, 1.54) is 5.69 Å². The van der Waals surface area contributed by atoms with Crippen LogP contribution >= 0.6 is 0 Å². The minimum absolute atomic E-state index is 0.361. The Hall–Kier alpha value is -1.61. The average molecular weight is 258 g/mol. The van der Waals surface area contributed by atoms with Crippen LogP contribution in [0.25, 0.3) is 0 Å². The molecule has 1 N–H and O–H groups in total. The highest BCUT2D eigenvalue weighted by Gasteiger charge is 2.08. The van der Waals surface area contributed by atoms with Crippen LogP contribution in [0.4, 0.5) is 0 Å². The Morgan fingerprint density at radius 1 is 1.26 bits per heavy atom. The van der Waals surface area contributed by atoms with Gasteiger partial charge in [-0.3, -0.25) is 4.68 Å². The second kappa shape index (κ2) is 6.53. The zero-order chi connectivity index (χ0) is 13.7. The van der Waals surface area contributed by atoms with Crippen molar-refractivity contribution >= 4 is 0 Å². The van der Waals surface area contributed by atoms with Gasteiger partial charge in [0.25, 0.3) is 0 Å². The lowest BCUT2D eigenvalue weighted by atomic mass is 10.0. The highest BCUT2D eigenvalue weighted by Crippen LogP contribution is 2.19. The van der Waals surface area contributed by atoms with Gasteiger partial charge in [0.2, 0.25) is 0 Å². The molecule has 3 nitrogen and oxygen atoms in total. The van der Waals surface area contributed by atoms with Crippen LogP contribution in [0, 0.1) is 6.92 Å². The number of aliphatic hydroxyl groups excluding tert-OH is 1. The Kier molecular flexibility index (Phi) is 4.74. The Morgan fingerprint density at radius 3 is 2.68 bits per heavy atom. The predicted molar refractivity (Wildman–Crippen MR) is 77.0 cm³/mol. The van der Waals surface area contributed by atoms with Gasteiger partial charge in [0.1, 0.15) is 0 Å². The Balaban J connectivity index is 1.86. The summed E-state index contributed by atoms with van der Waals surface area (Å²) in [6.45, 7) is 5.04. The van der Waals surface area contributed by atoms with Crippen LogP contribution in [-0.4, -0.2) is 14.9 Å². The summed E-state index contributed by atoms with van der Waals surface area (Å²) in [5, 5.41) is 14.5. The van der Waals surface area contributed by atoms with E-state index in [0.29, 0.717) is 0 Å². The van der Waals surface area contributed by atoms with E-state index in [1.807, 2.05) is 41.9 Å². The molecule has 0 amide bonds. The summed E-state index contributed by atoms with van der Waals surface area (Å²) in [4.78, 5) is 0. The number of benzene rings is 1. The first-order chi connectivity index (χ1) is 9.20. The molecular weight excluding hydrogens is 236 g/mol. The summed E-state index contributed by atoms with van der Waals surface area (Å²) in [6, 6.07) is 12.0. The number of rotatable bonds is 6. The summed E-state index contributed by atoms with van der Waals surface area (Å²) in [5.41, 5.74) is 3.34. The minimum atomic E-state index is -0.361. The molecule has 1 aromatic heterocycles. The van der Waals surface area contributed by atoms with Gasteiger partial charge in [-0.1, -0.05) is 30.3 Å². The molecule has 0 aliphatic carbocycles. The maximum absolute atomic E-state index is 10.1. The zero-order valence-electron chi connectivity index (χ0n) is 11.7. The smallest absolute Gasteiger partial charge is 0.0790 e. The Morgan fingerprint density at radius 2 is 2.00 bits per heavy atom. The molecule has 1 aromatic carbocycles. The number of aryl methyl sites for hydroxylation is 3. The predicted octanol–water partition coefficient (Wildman–Crippen LogP) is 3.27. The molecule has 0 fully saturated rings. The van der Waals surface area contributed by atoms with Crippen LogP contribution in [0.5, 0.6) is 0 Å². The maximum atomic E-state index is 10.1. The van der Waals surface area contributed by atoms with E-state index in [-0.39, 0.29) is 6.10 Å². The molecule has 2 aromatic rings. The highest BCUT2D eigenvalue weighted by atomic mass is 16.3. The lowest BCUT2D eigenvalue weighted by Gasteiger charge is -2.11.